The van der Waals surface area contributed by atoms with E-state index in [0.29, 0.717) is 11.9 Å². The summed E-state index contributed by atoms with van der Waals surface area (Å²) < 4.78 is 2.07. The minimum Gasteiger partial charge on any atom is -0.477 e. The fourth-order valence-corrected chi connectivity index (χ4v) is 3.06. The van der Waals surface area contributed by atoms with E-state index in [1.807, 2.05) is 13.8 Å². The van der Waals surface area contributed by atoms with Gasteiger partial charge in [-0.25, -0.2) is 4.79 Å². The van der Waals surface area contributed by atoms with Crippen molar-refractivity contribution in [1.82, 2.24) is 4.57 Å². The number of aromatic nitrogens is 1. The van der Waals surface area contributed by atoms with Crippen molar-refractivity contribution >= 4 is 27.4 Å². The molecule has 0 aliphatic heterocycles. The molecule has 2 rings (SSSR count). The minimum atomic E-state index is -1.06. The molecule has 0 aliphatic carbocycles. The van der Waals surface area contributed by atoms with Crippen LogP contribution in [0.5, 0.6) is 0 Å². The maximum absolute atomic E-state index is 12.2. The van der Waals surface area contributed by atoms with Crippen LogP contribution in [-0.2, 0) is 6.54 Å². The second-order valence-electron chi connectivity index (χ2n) is 3.91. The number of carbonyl (C=O) groups is 1. The number of aryl methyl sites for hydroxylation is 2. The third-order valence-electron chi connectivity index (χ3n) is 2.97. The molecule has 0 aliphatic rings. The predicted molar refractivity (Wildman–Crippen MR) is 68.2 cm³/mol. The van der Waals surface area contributed by atoms with Crippen molar-refractivity contribution in [3.8, 4) is 0 Å². The largest absolute Gasteiger partial charge is 0.477 e. The molecule has 0 bridgehead atoms. The first kappa shape index (κ1) is 11.9. The molecular weight excluding hydrogens is 238 g/mol. The lowest BCUT2D eigenvalue weighted by molar-refractivity contribution is 0.0684. The Morgan fingerprint density at radius 1 is 1.47 bits per heavy atom. The third-order valence-corrected chi connectivity index (χ3v) is 4.12. The zero-order chi connectivity index (χ0) is 12.7. The molecule has 1 N–H and O–H groups in total. The Balaban J connectivity index is 2.98. The first-order chi connectivity index (χ1) is 7.97. The highest BCUT2D eigenvalue weighted by atomic mass is 32.1. The summed E-state index contributed by atoms with van der Waals surface area (Å²) >= 11 is 1.47. The Labute approximate surface area is 102 Å². The fourth-order valence-electron chi connectivity index (χ4n) is 1.96. The van der Waals surface area contributed by atoms with Crippen LogP contribution in [0.2, 0.25) is 0 Å². The Morgan fingerprint density at radius 3 is 2.65 bits per heavy atom. The van der Waals surface area contributed by atoms with Gasteiger partial charge in [0.05, 0.1) is 5.39 Å². The van der Waals surface area contributed by atoms with Crippen molar-refractivity contribution in [1.29, 1.82) is 0 Å². The number of hydrogen-bond acceptors (Lipinski definition) is 3. The molecule has 0 fully saturated rings. The molecule has 5 heteroatoms. The zero-order valence-corrected chi connectivity index (χ0v) is 10.7. The van der Waals surface area contributed by atoms with Crippen LogP contribution in [0.25, 0.3) is 10.1 Å². The Hall–Kier alpha value is -1.62. The molecule has 0 aromatic carbocycles. The van der Waals surface area contributed by atoms with Gasteiger partial charge in [-0.3, -0.25) is 4.79 Å². The highest BCUT2D eigenvalue weighted by Gasteiger charge is 2.17. The Morgan fingerprint density at radius 2 is 2.12 bits per heavy atom. The molecule has 0 saturated heterocycles. The zero-order valence-electron chi connectivity index (χ0n) is 9.90. The van der Waals surface area contributed by atoms with Crippen molar-refractivity contribution in [2.24, 2.45) is 0 Å². The lowest BCUT2D eigenvalue weighted by Gasteiger charge is -2.07. The highest BCUT2D eigenvalue weighted by Crippen LogP contribution is 2.28. The maximum Gasteiger partial charge on any atom is 0.352 e. The van der Waals surface area contributed by atoms with Crippen molar-refractivity contribution < 1.29 is 9.90 Å². The average Bonchev–Trinajstić information content (AvgIpc) is 2.54. The summed E-state index contributed by atoms with van der Waals surface area (Å²) in [6.07, 6.45) is 0. The second kappa shape index (κ2) is 4.00. The molecule has 0 radical (unpaired) electrons. The van der Waals surface area contributed by atoms with Gasteiger partial charge in [-0.2, -0.15) is 0 Å². The number of carboxylic acid groups (broad SMARTS) is 1. The third kappa shape index (κ3) is 1.67. The molecule has 0 amide bonds. The number of thiophene rings is 1. The van der Waals surface area contributed by atoms with E-state index in [0.717, 1.165) is 15.1 Å². The first-order valence-corrected chi connectivity index (χ1v) is 6.15. The van der Waals surface area contributed by atoms with Crippen molar-refractivity contribution in [3.05, 3.63) is 32.6 Å². The standard InChI is InChI=1S/C12H13NO3S/c1-4-13-8(12(15)16)5-9-10(11(13)14)6(2)7(3)17-9/h5H,4H2,1-3H3,(H,15,16). The molecular formula is C12H13NO3S. The smallest absolute Gasteiger partial charge is 0.352 e. The first-order valence-electron chi connectivity index (χ1n) is 5.34. The maximum atomic E-state index is 12.2. The quantitative estimate of drug-likeness (QED) is 0.891. The fraction of sp³-hybridized carbons (Fsp3) is 0.333. The lowest BCUT2D eigenvalue weighted by Crippen LogP contribution is -2.25. The van der Waals surface area contributed by atoms with Crippen LogP contribution < -0.4 is 5.56 Å². The monoisotopic (exact) mass is 251 g/mol. The molecule has 0 unspecified atom stereocenters. The van der Waals surface area contributed by atoms with Gasteiger partial charge in [0.1, 0.15) is 5.69 Å². The molecule has 0 atom stereocenters. The van der Waals surface area contributed by atoms with E-state index in [4.69, 9.17) is 5.11 Å². The van der Waals surface area contributed by atoms with Crippen LogP contribution >= 0.6 is 11.3 Å². The Bertz CT molecular complexity index is 666. The van der Waals surface area contributed by atoms with Gasteiger partial charge in [0.25, 0.3) is 5.56 Å². The lowest BCUT2D eigenvalue weighted by atomic mass is 10.2. The molecule has 2 aromatic heterocycles. The van der Waals surface area contributed by atoms with Gasteiger partial charge in [-0.05, 0) is 32.4 Å². The summed E-state index contributed by atoms with van der Waals surface area (Å²) in [5, 5.41) is 9.75. The molecule has 2 aromatic rings. The second-order valence-corrected chi connectivity index (χ2v) is 5.16. The van der Waals surface area contributed by atoms with Crippen molar-refractivity contribution in [2.75, 3.05) is 0 Å². The van der Waals surface area contributed by atoms with Crippen LogP contribution in [-0.4, -0.2) is 15.6 Å². The number of carboxylic acids is 1. The van der Waals surface area contributed by atoms with Gasteiger partial charge in [-0.1, -0.05) is 0 Å². The summed E-state index contributed by atoms with van der Waals surface area (Å²) in [7, 11) is 0. The van der Waals surface area contributed by atoms with E-state index >= 15 is 0 Å². The van der Waals surface area contributed by atoms with Crippen LogP contribution in [0.1, 0.15) is 27.9 Å². The van der Waals surface area contributed by atoms with Gasteiger partial charge in [0.2, 0.25) is 0 Å². The van der Waals surface area contributed by atoms with Crippen molar-refractivity contribution in [2.45, 2.75) is 27.3 Å². The summed E-state index contributed by atoms with van der Waals surface area (Å²) in [6, 6.07) is 1.59. The van der Waals surface area contributed by atoms with Gasteiger partial charge in [-0.15, -0.1) is 11.3 Å². The number of aromatic carboxylic acids is 1. The molecule has 0 saturated carbocycles. The van der Waals surface area contributed by atoms with Crippen molar-refractivity contribution in [3.63, 3.8) is 0 Å². The summed E-state index contributed by atoms with van der Waals surface area (Å²) in [4.78, 5) is 24.4. The van der Waals surface area contributed by atoms with Gasteiger partial charge >= 0.3 is 5.97 Å². The van der Waals surface area contributed by atoms with Gasteiger partial charge < -0.3 is 9.67 Å². The Kier molecular flexibility index (Phi) is 2.79. The van der Waals surface area contributed by atoms with E-state index < -0.39 is 5.97 Å². The minimum absolute atomic E-state index is 0.0613. The van der Waals surface area contributed by atoms with E-state index in [-0.39, 0.29) is 11.3 Å². The number of rotatable bonds is 2. The summed E-state index contributed by atoms with van der Waals surface area (Å²) in [6.45, 7) is 5.98. The number of nitrogens with zero attached hydrogens (tertiary/aromatic N) is 1. The number of fused-ring (bicyclic) bond motifs is 1. The van der Waals surface area contributed by atoms with Crippen LogP contribution in [0.3, 0.4) is 0 Å². The van der Waals surface area contributed by atoms with E-state index in [1.165, 1.54) is 15.9 Å². The van der Waals surface area contributed by atoms with Crippen LogP contribution in [0.15, 0.2) is 10.9 Å². The molecule has 90 valence electrons. The molecule has 2 heterocycles. The van der Waals surface area contributed by atoms with Crippen LogP contribution in [0, 0.1) is 13.8 Å². The molecule has 0 spiro atoms. The van der Waals surface area contributed by atoms with Gasteiger partial charge in [0.15, 0.2) is 0 Å². The molecule has 4 nitrogen and oxygen atoms in total. The number of pyridine rings is 1. The van der Waals surface area contributed by atoms with E-state index in [9.17, 15) is 9.59 Å². The van der Waals surface area contributed by atoms with E-state index in [2.05, 4.69) is 0 Å². The topological polar surface area (TPSA) is 59.3 Å². The van der Waals surface area contributed by atoms with Gasteiger partial charge in [0, 0.05) is 16.1 Å². The number of hydrogen-bond donors (Lipinski definition) is 1. The SMILES string of the molecule is CCn1c(C(=O)O)cc2sc(C)c(C)c2c1=O. The average molecular weight is 251 g/mol. The molecule has 17 heavy (non-hydrogen) atoms. The normalized spacial score (nSPS) is 11.0. The van der Waals surface area contributed by atoms with Crippen LogP contribution in [0.4, 0.5) is 0 Å². The highest BCUT2D eigenvalue weighted by molar-refractivity contribution is 7.19. The summed E-state index contributed by atoms with van der Waals surface area (Å²) in [5.74, 6) is -1.06. The predicted octanol–water partition coefficient (Wildman–Crippen LogP) is 2.40. The summed E-state index contributed by atoms with van der Waals surface area (Å²) in [5.41, 5.74) is 0.810. The van der Waals surface area contributed by atoms with E-state index in [1.54, 1.807) is 13.0 Å².